The molecule has 4 aromatic rings. The summed E-state index contributed by atoms with van der Waals surface area (Å²) in [6.07, 6.45) is 14.9. The number of unbranched alkanes of at least 4 members (excludes halogenated alkanes) is 6. The number of nitrogens with two attached hydrogens (primary N) is 2. The standard InChI is InChI=1S/C42H56N2/c1-4-7-9-11-13-41(37-23-27-39(43)28-24-37)35-17-15-32(16-18-35)31-33(6-3)34-19-21-36(22-20-34)42(14-12-10-8-5-2)38-25-29-40(44)30-26-38/h15-30,33,41-42H,4-14,31,43-44H2,1-3H3. The van der Waals surface area contributed by atoms with Crippen molar-refractivity contribution >= 4 is 11.4 Å². The molecule has 0 bridgehead atoms. The minimum Gasteiger partial charge on any atom is -0.399 e. The molecular formula is C42H56N2. The largest absolute Gasteiger partial charge is 0.399 e. The highest BCUT2D eigenvalue weighted by molar-refractivity contribution is 5.44. The van der Waals surface area contributed by atoms with Crippen LogP contribution in [0.3, 0.4) is 0 Å². The van der Waals surface area contributed by atoms with Crippen molar-refractivity contribution in [3.05, 3.63) is 130 Å². The first kappa shape index (κ1) is 33.4. The Bertz CT molecular complexity index is 1340. The van der Waals surface area contributed by atoms with E-state index < -0.39 is 0 Å². The van der Waals surface area contributed by atoms with Gasteiger partial charge >= 0.3 is 0 Å². The van der Waals surface area contributed by atoms with Crippen LogP contribution in [-0.4, -0.2) is 0 Å². The molecule has 0 spiro atoms. The second-order valence-corrected chi connectivity index (χ2v) is 12.9. The molecule has 0 aliphatic rings. The van der Waals surface area contributed by atoms with Crippen LogP contribution >= 0.6 is 0 Å². The van der Waals surface area contributed by atoms with Gasteiger partial charge in [-0.2, -0.15) is 0 Å². The predicted molar refractivity (Wildman–Crippen MR) is 193 cm³/mol. The van der Waals surface area contributed by atoms with Crippen LogP contribution in [0, 0.1) is 0 Å². The fourth-order valence-corrected chi connectivity index (χ4v) is 6.73. The molecule has 0 saturated carbocycles. The molecule has 4 rings (SSSR count). The van der Waals surface area contributed by atoms with Crippen LogP contribution in [0.5, 0.6) is 0 Å². The fourth-order valence-electron chi connectivity index (χ4n) is 6.73. The van der Waals surface area contributed by atoms with Crippen molar-refractivity contribution in [1.29, 1.82) is 0 Å². The van der Waals surface area contributed by atoms with Crippen molar-refractivity contribution in [3.8, 4) is 0 Å². The number of rotatable bonds is 18. The Kier molecular flexibility index (Phi) is 13.4. The van der Waals surface area contributed by atoms with E-state index in [1.54, 1.807) is 0 Å². The number of hydrogen-bond acceptors (Lipinski definition) is 2. The van der Waals surface area contributed by atoms with Crippen LogP contribution in [0.15, 0.2) is 97.1 Å². The van der Waals surface area contributed by atoms with Gasteiger partial charge in [0, 0.05) is 23.2 Å². The van der Waals surface area contributed by atoms with Crippen molar-refractivity contribution in [2.45, 2.75) is 116 Å². The van der Waals surface area contributed by atoms with Crippen LogP contribution in [0.25, 0.3) is 0 Å². The Morgan fingerprint density at radius 3 is 1.18 bits per heavy atom. The van der Waals surface area contributed by atoms with Gasteiger partial charge in [-0.1, -0.05) is 145 Å². The topological polar surface area (TPSA) is 52.0 Å². The minimum atomic E-state index is 0.421. The highest BCUT2D eigenvalue weighted by Gasteiger charge is 2.18. The molecule has 0 aromatic heterocycles. The number of anilines is 2. The predicted octanol–water partition coefficient (Wildman–Crippen LogP) is 11.8. The molecule has 0 aliphatic heterocycles. The minimum absolute atomic E-state index is 0.421. The monoisotopic (exact) mass is 588 g/mol. The molecule has 44 heavy (non-hydrogen) atoms. The summed E-state index contributed by atoms with van der Waals surface area (Å²) in [7, 11) is 0. The van der Waals surface area contributed by atoms with Crippen LogP contribution in [0.4, 0.5) is 11.4 Å². The third kappa shape index (κ3) is 9.74. The number of nitrogen functional groups attached to an aromatic ring is 2. The van der Waals surface area contributed by atoms with Crippen molar-refractivity contribution in [2.75, 3.05) is 11.5 Å². The molecule has 0 saturated heterocycles. The van der Waals surface area contributed by atoms with Gasteiger partial charge in [0.1, 0.15) is 0 Å². The number of benzene rings is 4. The zero-order chi connectivity index (χ0) is 31.1. The summed E-state index contributed by atoms with van der Waals surface area (Å²) < 4.78 is 0. The number of hydrogen-bond donors (Lipinski definition) is 2. The van der Waals surface area contributed by atoms with Crippen molar-refractivity contribution in [1.82, 2.24) is 0 Å². The summed E-state index contributed by atoms with van der Waals surface area (Å²) in [5, 5.41) is 0. The molecule has 0 radical (unpaired) electrons. The molecule has 0 aliphatic carbocycles. The Morgan fingerprint density at radius 2 is 0.795 bits per heavy atom. The van der Waals surface area contributed by atoms with E-state index in [-0.39, 0.29) is 0 Å². The lowest BCUT2D eigenvalue weighted by Gasteiger charge is -2.21. The third-order valence-electron chi connectivity index (χ3n) is 9.54. The van der Waals surface area contributed by atoms with Crippen LogP contribution in [-0.2, 0) is 6.42 Å². The summed E-state index contributed by atoms with van der Waals surface area (Å²) >= 11 is 0. The molecule has 234 valence electrons. The van der Waals surface area contributed by atoms with Crippen LogP contribution < -0.4 is 11.5 Å². The first-order valence-corrected chi connectivity index (χ1v) is 17.4. The van der Waals surface area contributed by atoms with E-state index in [2.05, 4.69) is 93.6 Å². The maximum atomic E-state index is 6.02. The maximum Gasteiger partial charge on any atom is 0.0314 e. The molecule has 3 atom stereocenters. The highest BCUT2D eigenvalue weighted by Crippen LogP contribution is 2.34. The van der Waals surface area contributed by atoms with Gasteiger partial charge in [-0.25, -0.2) is 0 Å². The fraction of sp³-hybridized carbons (Fsp3) is 0.429. The van der Waals surface area contributed by atoms with Gasteiger partial charge in [-0.05, 0) is 89.2 Å². The zero-order valence-corrected chi connectivity index (χ0v) is 27.6. The summed E-state index contributed by atoms with van der Waals surface area (Å²) in [6, 6.07) is 36.1. The SMILES string of the molecule is CCCCCCC(c1ccc(N)cc1)c1ccc(CC(CC)c2ccc(C(CCCCCC)c3ccc(N)cc3)cc2)cc1. The van der Waals surface area contributed by atoms with Gasteiger partial charge in [0.2, 0.25) is 0 Å². The van der Waals surface area contributed by atoms with Gasteiger partial charge in [0.05, 0.1) is 0 Å². The molecule has 4 N–H and O–H groups in total. The average molecular weight is 589 g/mol. The van der Waals surface area contributed by atoms with Crippen molar-refractivity contribution in [3.63, 3.8) is 0 Å². The van der Waals surface area contributed by atoms with Gasteiger partial charge in [0.25, 0.3) is 0 Å². The van der Waals surface area contributed by atoms with E-state index >= 15 is 0 Å². The molecule has 2 heteroatoms. The first-order chi connectivity index (χ1) is 21.5. The summed E-state index contributed by atoms with van der Waals surface area (Å²) in [4.78, 5) is 0. The quantitative estimate of drug-likeness (QED) is 0.0897. The average Bonchev–Trinajstić information content (AvgIpc) is 3.05. The highest BCUT2D eigenvalue weighted by atomic mass is 14.5. The molecule has 4 aromatic carbocycles. The lowest BCUT2D eigenvalue weighted by Crippen LogP contribution is -2.06. The molecule has 3 unspecified atom stereocenters. The Morgan fingerprint density at radius 1 is 0.432 bits per heavy atom. The Labute approximate surface area is 268 Å². The maximum absolute atomic E-state index is 6.02. The van der Waals surface area contributed by atoms with Crippen LogP contribution in [0.1, 0.15) is 143 Å². The molecule has 0 amide bonds. The van der Waals surface area contributed by atoms with Gasteiger partial charge in [-0.15, -0.1) is 0 Å². The van der Waals surface area contributed by atoms with E-state index in [1.165, 1.54) is 97.6 Å². The molecule has 0 heterocycles. The lowest BCUT2D eigenvalue weighted by atomic mass is 9.83. The molecule has 2 nitrogen and oxygen atoms in total. The van der Waals surface area contributed by atoms with E-state index in [0.29, 0.717) is 17.8 Å². The van der Waals surface area contributed by atoms with E-state index in [1.807, 2.05) is 24.3 Å². The third-order valence-corrected chi connectivity index (χ3v) is 9.54. The Balaban J connectivity index is 1.46. The zero-order valence-electron chi connectivity index (χ0n) is 27.6. The van der Waals surface area contributed by atoms with Crippen molar-refractivity contribution < 1.29 is 0 Å². The van der Waals surface area contributed by atoms with E-state index in [4.69, 9.17) is 11.5 Å². The normalized spacial score (nSPS) is 13.4. The molecule has 0 fully saturated rings. The second-order valence-electron chi connectivity index (χ2n) is 12.9. The molecular weight excluding hydrogens is 532 g/mol. The lowest BCUT2D eigenvalue weighted by molar-refractivity contribution is 0.595. The van der Waals surface area contributed by atoms with E-state index in [0.717, 1.165) is 24.2 Å². The summed E-state index contributed by atoms with van der Waals surface area (Å²) in [6.45, 7) is 6.88. The van der Waals surface area contributed by atoms with E-state index in [9.17, 15) is 0 Å². The first-order valence-electron chi connectivity index (χ1n) is 17.4. The Hall–Kier alpha value is -3.52. The summed E-state index contributed by atoms with van der Waals surface area (Å²) in [5.74, 6) is 1.36. The smallest absolute Gasteiger partial charge is 0.0314 e. The van der Waals surface area contributed by atoms with Gasteiger partial charge < -0.3 is 11.5 Å². The van der Waals surface area contributed by atoms with Gasteiger partial charge in [0.15, 0.2) is 0 Å². The van der Waals surface area contributed by atoms with Crippen molar-refractivity contribution in [2.24, 2.45) is 0 Å². The summed E-state index contributed by atoms with van der Waals surface area (Å²) in [5.41, 5.74) is 22.1. The van der Waals surface area contributed by atoms with Crippen LogP contribution in [0.2, 0.25) is 0 Å². The van der Waals surface area contributed by atoms with Gasteiger partial charge in [-0.3, -0.25) is 0 Å². The second kappa shape index (κ2) is 17.7.